The van der Waals surface area contributed by atoms with Crippen molar-refractivity contribution < 1.29 is 42.9 Å². The fraction of sp³-hybridized carbons (Fsp3) is 0.705. The van der Waals surface area contributed by atoms with Crippen LogP contribution < -0.4 is 5.11 Å². The molecule has 0 aliphatic heterocycles. The van der Waals surface area contributed by atoms with Crippen molar-refractivity contribution in [3.8, 4) is 0 Å². The van der Waals surface area contributed by atoms with Crippen LogP contribution in [-0.4, -0.2) is 82.3 Å². The quantitative estimate of drug-likeness (QED) is 0.0195. The summed E-state index contributed by atoms with van der Waals surface area (Å²) in [6, 6.07) is 0. The lowest BCUT2D eigenvalue weighted by molar-refractivity contribution is -0.870. The van der Waals surface area contributed by atoms with Gasteiger partial charge in [0.2, 0.25) is 0 Å². The van der Waals surface area contributed by atoms with Crippen molar-refractivity contribution in [2.45, 2.75) is 309 Å². The van der Waals surface area contributed by atoms with Crippen LogP contribution in [0, 0.1) is 0 Å². The summed E-state index contributed by atoms with van der Waals surface area (Å²) in [7, 11) is 5.93. The van der Waals surface area contributed by atoms with Gasteiger partial charge in [0.05, 0.1) is 40.3 Å². The second-order valence-corrected chi connectivity index (χ2v) is 24.8. The average Bonchev–Trinajstić information content (AvgIpc) is 3.59. The molecule has 0 aliphatic carbocycles. The Morgan fingerprint density at radius 3 is 0.977 bits per heavy atom. The van der Waals surface area contributed by atoms with Gasteiger partial charge in [0, 0.05) is 12.8 Å². The molecule has 2 unspecified atom stereocenters. The number of carboxylic acids is 1. The van der Waals surface area contributed by atoms with Crippen molar-refractivity contribution in [1.82, 2.24) is 0 Å². The van der Waals surface area contributed by atoms with Crippen LogP contribution in [0.3, 0.4) is 0 Å². The number of carbonyl (C=O) groups is 3. The summed E-state index contributed by atoms with van der Waals surface area (Å²) in [5.41, 5.74) is 0. The van der Waals surface area contributed by atoms with Gasteiger partial charge >= 0.3 is 11.9 Å². The molecule has 0 rings (SSSR count). The van der Waals surface area contributed by atoms with Gasteiger partial charge in [-0.1, -0.05) is 296 Å². The Hall–Kier alpha value is -4.31. The third-order valence-corrected chi connectivity index (χ3v) is 15.2. The van der Waals surface area contributed by atoms with Crippen LogP contribution in [0.25, 0.3) is 0 Å². The molecule has 0 heterocycles. The molecular weight excluding hydrogens is 1080 g/mol. The first-order valence-electron chi connectivity index (χ1n) is 35.7. The maximum atomic E-state index is 12.9. The summed E-state index contributed by atoms with van der Waals surface area (Å²) in [4.78, 5) is 37.5. The molecule has 0 radical (unpaired) electrons. The lowest BCUT2D eigenvalue weighted by Gasteiger charge is -2.26. The van der Waals surface area contributed by atoms with Crippen LogP contribution >= 0.6 is 0 Å². The monoisotopic (exact) mass is 1210 g/mol. The summed E-state index contributed by atoms with van der Waals surface area (Å²) in [5, 5.41) is 11.8. The first-order valence-corrected chi connectivity index (χ1v) is 35.7. The lowest BCUT2D eigenvalue weighted by Crippen LogP contribution is -2.44. The predicted molar refractivity (Wildman–Crippen MR) is 370 cm³/mol. The third-order valence-electron chi connectivity index (χ3n) is 15.2. The highest BCUT2D eigenvalue weighted by atomic mass is 16.7. The van der Waals surface area contributed by atoms with E-state index in [4.69, 9.17) is 18.9 Å². The van der Waals surface area contributed by atoms with Crippen LogP contribution in [0.2, 0.25) is 0 Å². The van der Waals surface area contributed by atoms with E-state index in [0.29, 0.717) is 17.4 Å². The molecule has 0 saturated heterocycles. The van der Waals surface area contributed by atoms with Gasteiger partial charge in [-0.25, -0.2) is 0 Å². The molecular formula is C78H133NO8. The molecule has 0 aromatic carbocycles. The van der Waals surface area contributed by atoms with E-state index in [0.717, 1.165) is 103 Å². The lowest BCUT2D eigenvalue weighted by atomic mass is 10.0. The number of likely N-dealkylation sites (N-methyl/N-ethyl adjacent to an activating group) is 1. The number of hydrogen-bond acceptors (Lipinski definition) is 8. The zero-order valence-corrected chi connectivity index (χ0v) is 56.9. The number of ether oxygens (including phenoxy) is 4. The van der Waals surface area contributed by atoms with Crippen LogP contribution in [0.15, 0.2) is 122 Å². The number of unbranched alkanes of at least 4 members (excludes halogenated alkanes) is 30. The van der Waals surface area contributed by atoms with E-state index in [2.05, 4.69) is 135 Å². The average molecular weight is 1210 g/mol. The predicted octanol–water partition coefficient (Wildman–Crippen LogP) is 21.0. The van der Waals surface area contributed by atoms with E-state index >= 15 is 0 Å². The van der Waals surface area contributed by atoms with E-state index in [9.17, 15) is 19.5 Å². The first kappa shape index (κ1) is 82.7. The third kappa shape index (κ3) is 69.0. The van der Waals surface area contributed by atoms with Crippen molar-refractivity contribution in [3.05, 3.63) is 122 Å². The molecule has 498 valence electrons. The number of quaternary nitrogens is 1. The number of esters is 2. The number of allylic oxidation sites excluding steroid dienone is 20. The van der Waals surface area contributed by atoms with Crippen molar-refractivity contribution >= 4 is 17.9 Å². The summed E-state index contributed by atoms with van der Waals surface area (Å²) in [6.45, 7) is 4.63. The SMILES string of the molecule is CC/C=C\C/C=C\C/C=C\C/C=C\C/C=C\C/C=C\C/C=C\C/C=C\CCCCCCCCCCC(=O)OC(COC(=O)CCCCCCCCCCCCCCCCCCC/C=C\C/C=C\CCCCCCC)COC(OCC[N+](C)(C)C)C(=O)[O-]. The summed E-state index contributed by atoms with van der Waals surface area (Å²) in [6.07, 6.45) is 92.8. The van der Waals surface area contributed by atoms with Gasteiger partial charge in [-0.05, 0) is 109 Å². The number of aliphatic carboxylic acids is 1. The normalized spacial score (nSPS) is 13.4. The maximum absolute atomic E-state index is 12.9. The number of nitrogens with zero attached hydrogens (tertiary/aromatic N) is 1. The Morgan fingerprint density at radius 2 is 0.655 bits per heavy atom. The van der Waals surface area contributed by atoms with Crippen LogP contribution in [0.1, 0.15) is 296 Å². The first-order chi connectivity index (χ1) is 42.6. The zero-order chi connectivity index (χ0) is 63.3. The van der Waals surface area contributed by atoms with E-state index in [1.54, 1.807) is 0 Å². The van der Waals surface area contributed by atoms with Crippen molar-refractivity contribution in [3.63, 3.8) is 0 Å². The minimum atomic E-state index is -1.63. The Kier molecular flexibility index (Phi) is 64.3. The largest absolute Gasteiger partial charge is 0.545 e. The molecule has 9 heteroatoms. The Labute approximate surface area is 536 Å². The maximum Gasteiger partial charge on any atom is 0.306 e. The van der Waals surface area contributed by atoms with E-state index < -0.39 is 24.3 Å². The molecule has 0 bridgehead atoms. The Balaban J connectivity index is 4.16. The Bertz CT molecular complexity index is 1840. The number of carbonyl (C=O) groups excluding carboxylic acids is 3. The van der Waals surface area contributed by atoms with E-state index in [-0.39, 0.29) is 38.6 Å². The van der Waals surface area contributed by atoms with Crippen LogP contribution in [0.5, 0.6) is 0 Å². The van der Waals surface area contributed by atoms with E-state index in [1.807, 2.05) is 21.1 Å². The highest BCUT2D eigenvalue weighted by Gasteiger charge is 2.22. The highest BCUT2D eigenvalue weighted by molar-refractivity contribution is 5.70. The van der Waals surface area contributed by atoms with Gasteiger partial charge in [-0.2, -0.15) is 0 Å². The molecule has 0 fully saturated rings. The molecule has 0 spiro atoms. The van der Waals surface area contributed by atoms with Gasteiger partial charge in [0.1, 0.15) is 13.2 Å². The van der Waals surface area contributed by atoms with Crippen molar-refractivity contribution in [1.29, 1.82) is 0 Å². The topological polar surface area (TPSA) is 111 Å². The fourth-order valence-electron chi connectivity index (χ4n) is 9.76. The standard InChI is InChI=1S/C78H133NO8/c1-6-8-10-12-14-16-18-20-22-24-26-28-30-32-34-36-37-38-39-41-43-45-47-49-51-53-55-57-59-61-63-65-67-69-76(81)87-74(73-86-78(77(82)83)84-71-70-79(3,4)5)72-85-75(80)68-66-64-62-60-58-56-54-52-50-48-46-44-42-40-35-33-31-29-27-25-23-21-19-17-15-13-11-9-7-2/h8,10,14,16,19-22,25-28,32,34,37-38,41,43,47,49,74,78H,6-7,9,11-13,15,17-18,23-24,29-31,33,35-36,39-40,42,44-46,48,50-73H2,1-5H3/b10-8-,16-14-,21-19-,22-20-,27-25-,28-26-,34-32-,38-37-,43-41-,49-47-. The van der Waals surface area contributed by atoms with Gasteiger partial charge in [0.25, 0.3) is 0 Å². The number of carboxylic acid groups (broad SMARTS) is 1. The number of hydrogen-bond donors (Lipinski definition) is 0. The molecule has 0 aliphatic rings. The Morgan fingerprint density at radius 1 is 0.356 bits per heavy atom. The zero-order valence-electron chi connectivity index (χ0n) is 56.9. The summed E-state index contributed by atoms with van der Waals surface area (Å²) in [5.74, 6) is -2.29. The molecule has 0 aromatic rings. The van der Waals surface area contributed by atoms with Crippen LogP contribution in [0.4, 0.5) is 0 Å². The van der Waals surface area contributed by atoms with Crippen LogP contribution in [-0.2, 0) is 33.3 Å². The molecule has 0 amide bonds. The molecule has 0 N–H and O–H groups in total. The molecule has 0 aromatic heterocycles. The summed E-state index contributed by atoms with van der Waals surface area (Å²) < 4.78 is 22.8. The molecule has 87 heavy (non-hydrogen) atoms. The second-order valence-electron chi connectivity index (χ2n) is 24.8. The second kappa shape index (κ2) is 67.6. The van der Waals surface area contributed by atoms with Crippen molar-refractivity contribution in [2.75, 3.05) is 47.5 Å². The smallest absolute Gasteiger partial charge is 0.306 e. The van der Waals surface area contributed by atoms with Gasteiger partial charge in [0.15, 0.2) is 12.4 Å². The van der Waals surface area contributed by atoms with E-state index in [1.165, 1.54) is 161 Å². The van der Waals surface area contributed by atoms with Gasteiger partial charge in [-0.15, -0.1) is 0 Å². The highest BCUT2D eigenvalue weighted by Crippen LogP contribution is 2.17. The van der Waals surface area contributed by atoms with Gasteiger partial charge < -0.3 is 33.3 Å². The minimum absolute atomic E-state index is 0.141. The van der Waals surface area contributed by atoms with Gasteiger partial charge in [-0.3, -0.25) is 9.59 Å². The molecule has 0 saturated carbocycles. The number of rotatable bonds is 65. The fourth-order valence-corrected chi connectivity index (χ4v) is 9.76. The molecule has 2 atom stereocenters. The van der Waals surface area contributed by atoms with Crippen molar-refractivity contribution in [2.24, 2.45) is 0 Å². The molecule has 9 nitrogen and oxygen atoms in total. The summed E-state index contributed by atoms with van der Waals surface area (Å²) >= 11 is 0. The minimum Gasteiger partial charge on any atom is -0.545 e.